The molecule has 2 atom stereocenters. The Morgan fingerprint density at radius 1 is 1.52 bits per heavy atom. The predicted molar refractivity (Wildman–Crippen MR) is 94.4 cm³/mol. The van der Waals surface area contributed by atoms with E-state index in [-0.39, 0.29) is 30.7 Å². The average Bonchev–Trinajstić information content (AvgIpc) is 3.34. The third-order valence-electron chi connectivity index (χ3n) is 4.30. The van der Waals surface area contributed by atoms with Gasteiger partial charge >= 0.3 is 0 Å². The van der Waals surface area contributed by atoms with Crippen LogP contribution in [0.3, 0.4) is 0 Å². The van der Waals surface area contributed by atoms with Crippen molar-refractivity contribution >= 4 is 28.6 Å². The molecule has 0 bridgehead atoms. The van der Waals surface area contributed by atoms with Crippen LogP contribution in [-0.4, -0.2) is 56.3 Å². The highest BCUT2D eigenvalue weighted by molar-refractivity contribution is 5.87. The maximum Gasteiger partial charge on any atom is 0.246 e. The van der Waals surface area contributed by atoms with E-state index < -0.39 is 12.3 Å². The molecule has 2 N–H and O–H groups in total. The smallest absolute Gasteiger partial charge is 0.246 e. The number of rotatable bonds is 5. The van der Waals surface area contributed by atoms with E-state index in [9.17, 15) is 9.18 Å². The van der Waals surface area contributed by atoms with Crippen LogP contribution in [0.2, 0.25) is 0 Å². The van der Waals surface area contributed by atoms with Crippen molar-refractivity contribution in [2.24, 2.45) is 0 Å². The van der Waals surface area contributed by atoms with Crippen LogP contribution in [0.25, 0.3) is 11.0 Å². The predicted octanol–water partition coefficient (Wildman–Crippen LogP) is 2.19. The van der Waals surface area contributed by atoms with Crippen LogP contribution < -0.4 is 10.1 Å². The number of nitrogens with one attached hydrogen (secondary N) is 2. The van der Waals surface area contributed by atoms with Gasteiger partial charge in [0, 0.05) is 12.7 Å². The second-order valence-corrected chi connectivity index (χ2v) is 6.08. The first kappa shape index (κ1) is 17.0. The minimum atomic E-state index is -1.21. The maximum atomic E-state index is 14.4. The Kier molecular flexibility index (Phi) is 4.45. The van der Waals surface area contributed by atoms with Crippen LogP contribution in [0, 0.1) is 0 Å². The van der Waals surface area contributed by atoms with Gasteiger partial charge in [0.05, 0.1) is 18.1 Å². The molecule has 0 radical (unpaired) electrons. The molecule has 0 unspecified atom stereocenters. The Hall–Kier alpha value is -3.43. The fourth-order valence-corrected chi connectivity index (χ4v) is 2.93. The second-order valence-electron chi connectivity index (χ2n) is 6.08. The number of alkyl halides is 1. The monoisotopic (exact) mass is 372 g/mol. The van der Waals surface area contributed by atoms with E-state index in [1.807, 2.05) is 0 Å². The molecule has 1 saturated heterocycles. The number of aromatic amines is 1. The van der Waals surface area contributed by atoms with E-state index in [0.29, 0.717) is 23.3 Å². The van der Waals surface area contributed by atoms with E-state index >= 15 is 0 Å². The van der Waals surface area contributed by atoms with Gasteiger partial charge in [0.1, 0.15) is 29.9 Å². The van der Waals surface area contributed by atoms with Gasteiger partial charge in [-0.3, -0.25) is 4.79 Å². The number of amides is 1. The van der Waals surface area contributed by atoms with Crippen LogP contribution in [0.5, 0.6) is 5.88 Å². The van der Waals surface area contributed by atoms with E-state index in [1.54, 1.807) is 12.3 Å². The van der Waals surface area contributed by atoms with Crippen molar-refractivity contribution in [1.29, 1.82) is 0 Å². The molecule has 3 aromatic rings. The number of hydrogen-bond acceptors (Lipinski definition) is 7. The second kappa shape index (κ2) is 7.06. The summed E-state index contributed by atoms with van der Waals surface area (Å²) < 4.78 is 25.1. The fraction of sp³-hybridized carbons (Fsp3) is 0.294. The van der Waals surface area contributed by atoms with Crippen LogP contribution in [0.1, 0.15) is 6.42 Å². The standard InChI is InChI=1S/C17H17FN6O3/c1-2-14(25)24-6-4-12(18)13(8-24)27-16-11-3-5-19-15(11)22-17(23-16)21-10-7-20-26-9-10/h2-3,5,7,9,12-13H,1,4,6,8H2,(H2,19,21,22,23)/t12-,13+/m0/s1. The number of ether oxygens (including phenoxy) is 1. The normalized spacial score (nSPS) is 19.8. The number of fused-ring (bicyclic) bond motifs is 1. The Labute approximate surface area is 153 Å². The molecule has 27 heavy (non-hydrogen) atoms. The van der Waals surface area contributed by atoms with Gasteiger partial charge in [-0.25, -0.2) is 4.39 Å². The van der Waals surface area contributed by atoms with Crippen LogP contribution in [-0.2, 0) is 4.79 Å². The summed E-state index contributed by atoms with van der Waals surface area (Å²) in [5.41, 5.74) is 1.10. The van der Waals surface area contributed by atoms with Gasteiger partial charge < -0.3 is 24.5 Å². The lowest BCUT2D eigenvalue weighted by Crippen LogP contribution is -2.49. The van der Waals surface area contributed by atoms with Gasteiger partial charge in [0.2, 0.25) is 17.7 Å². The van der Waals surface area contributed by atoms with Gasteiger partial charge in [-0.15, -0.1) is 0 Å². The molecule has 0 spiro atoms. The minimum absolute atomic E-state index is 0.121. The number of halogens is 1. The minimum Gasteiger partial charge on any atom is -0.469 e. The zero-order valence-corrected chi connectivity index (χ0v) is 14.3. The van der Waals surface area contributed by atoms with Crippen molar-refractivity contribution in [3.63, 3.8) is 0 Å². The van der Waals surface area contributed by atoms with Crippen molar-refractivity contribution < 1.29 is 18.4 Å². The molecule has 4 heterocycles. The maximum absolute atomic E-state index is 14.4. The van der Waals surface area contributed by atoms with Crippen molar-refractivity contribution in [3.8, 4) is 5.88 Å². The Morgan fingerprint density at radius 3 is 3.19 bits per heavy atom. The van der Waals surface area contributed by atoms with Crippen LogP contribution in [0.15, 0.2) is 41.9 Å². The third-order valence-corrected chi connectivity index (χ3v) is 4.30. The molecule has 1 fully saturated rings. The molecule has 0 aromatic carbocycles. The number of aromatic nitrogens is 4. The average molecular weight is 372 g/mol. The van der Waals surface area contributed by atoms with Gasteiger partial charge in [-0.05, 0) is 18.6 Å². The molecule has 10 heteroatoms. The quantitative estimate of drug-likeness (QED) is 0.661. The van der Waals surface area contributed by atoms with Crippen molar-refractivity contribution in [1.82, 2.24) is 25.0 Å². The molecule has 1 aliphatic rings. The van der Waals surface area contributed by atoms with Gasteiger partial charge in [-0.2, -0.15) is 9.97 Å². The molecule has 0 saturated carbocycles. The molecular weight excluding hydrogens is 355 g/mol. The van der Waals surface area contributed by atoms with Gasteiger partial charge in [0.25, 0.3) is 0 Å². The van der Waals surface area contributed by atoms with Gasteiger partial charge in [-0.1, -0.05) is 11.7 Å². The zero-order chi connectivity index (χ0) is 18.8. The zero-order valence-electron chi connectivity index (χ0n) is 14.3. The molecule has 140 valence electrons. The number of carbonyl (C=O) groups excluding carboxylic acids is 1. The van der Waals surface area contributed by atoms with Crippen LogP contribution in [0.4, 0.5) is 16.0 Å². The highest BCUT2D eigenvalue weighted by atomic mass is 19.1. The lowest BCUT2D eigenvalue weighted by Gasteiger charge is -2.34. The van der Waals surface area contributed by atoms with E-state index in [4.69, 9.17) is 9.26 Å². The van der Waals surface area contributed by atoms with Crippen molar-refractivity contribution in [2.45, 2.75) is 18.7 Å². The molecule has 1 aliphatic heterocycles. The lowest BCUT2D eigenvalue weighted by atomic mass is 10.1. The van der Waals surface area contributed by atoms with E-state index in [1.165, 1.54) is 23.4 Å². The van der Waals surface area contributed by atoms with E-state index in [0.717, 1.165) is 0 Å². The number of piperidine rings is 1. The number of likely N-dealkylation sites (tertiary alicyclic amines) is 1. The first-order valence-electron chi connectivity index (χ1n) is 8.37. The Morgan fingerprint density at radius 2 is 2.41 bits per heavy atom. The van der Waals surface area contributed by atoms with E-state index in [2.05, 4.69) is 32.0 Å². The topological polar surface area (TPSA) is 109 Å². The summed E-state index contributed by atoms with van der Waals surface area (Å²) in [6.07, 6.45) is 3.93. The molecule has 1 amide bonds. The summed E-state index contributed by atoms with van der Waals surface area (Å²) in [6.45, 7) is 3.92. The highest BCUT2D eigenvalue weighted by Crippen LogP contribution is 2.28. The Bertz CT molecular complexity index is 957. The summed E-state index contributed by atoms with van der Waals surface area (Å²) in [7, 11) is 0. The van der Waals surface area contributed by atoms with Crippen molar-refractivity contribution in [2.75, 3.05) is 18.4 Å². The van der Waals surface area contributed by atoms with Crippen molar-refractivity contribution in [3.05, 3.63) is 37.4 Å². The molecule has 4 rings (SSSR count). The molecule has 0 aliphatic carbocycles. The summed E-state index contributed by atoms with van der Waals surface area (Å²) in [5, 5.41) is 7.16. The molecule has 9 nitrogen and oxygen atoms in total. The summed E-state index contributed by atoms with van der Waals surface area (Å²) in [6, 6.07) is 1.75. The first-order chi connectivity index (χ1) is 13.1. The number of nitrogens with zero attached hydrogens (tertiary/aromatic N) is 4. The Balaban J connectivity index is 1.61. The number of carbonyl (C=O) groups is 1. The fourth-order valence-electron chi connectivity index (χ4n) is 2.93. The molecular formula is C17H17FN6O3. The third kappa shape index (κ3) is 3.46. The molecule has 3 aromatic heterocycles. The first-order valence-corrected chi connectivity index (χ1v) is 8.37. The summed E-state index contributed by atoms with van der Waals surface area (Å²) in [4.78, 5) is 25.0. The highest BCUT2D eigenvalue weighted by Gasteiger charge is 2.33. The van der Waals surface area contributed by atoms with Gasteiger partial charge in [0.15, 0.2) is 0 Å². The lowest BCUT2D eigenvalue weighted by molar-refractivity contribution is -0.130. The summed E-state index contributed by atoms with van der Waals surface area (Å²) >= 11 is 0. The number of H-pyrrole nitrogens is 1. The largest absolute Gasteiger partial charge is 0.469 e. The number of anilines is 2. The van der Waals surface area contributed by atoms with Crippen LogP contribution >= 0.6 is 0 Å². The SMILES string of the molecule is C=CC(=O)N1CC[C@H](F)[C@H](Oc2nc(Nc3cnoc3)nc3[nH]ccc23)C1. The number of hydrogen-bond donors (Lipinski definition) is 2. The summed E-state index contributed by atoms with van der Waals surface area (Å²) in [5.74, 6) is 0.217.